The molecule has 10 aromatic rings. The molecular weight excluding hydrogens is 633 g/mol. The highest BCUT2D eigenvalue weighted by Crippen LogP contribution is 2.36. The zero-order valence-corrected chi connectivity index (χ0v) is 26.9. The Labute approximate surface area is 337 Å². The summed E-state index contributed by atoms with van der Waals surface area (Å²) < 4.78 is 254. The van der Waals surface area contributed by atoms with E-state index >= 15 is 0 Å². The van der Waals surface area contributed by atoms with Gasteiger partial charge in [-0.3, -0.25) is 0 Å². The van der Waals surface area contributed by atoms with Crippen LogP contribution in [0.25, 0.3) is 55.0 Å². The number of para-hydroxylation sites is 3. The summed E-state index contributed by atoms with van der Waals surface area (Å²) in [6.45, 7) is 0. The number of hydrogen-bond donors (Lipinski definition) is 0. The number of aromatic nitrogens is 2. The lowest BCUT2D eigenvalue weighted by Crippen LogP contribution is -2.74. The van der Waals surface area contributed by atoms with Crippen LogP contribution in [0.2, 0.25) is 0 Å². The van der Waals surface area contributed by atoms with Gasteiger partial charge in [0.05, 0.1) is 60.4 Å². The van der Waals surface area contributed by atoms with Gasteiger partial charge in [-0.25, -0.2) is 0 Å². The average molecular weight is 695 g/mol. The Morgan fingerprint density at radius 1 is 0.314 bits per heavy atom. The highest BCUT2D eigenvalue weighted by molar-refractivity contribution is 7.19. The predicted molar refractivity (Wildman–Crippen MR) is 219 cm³/mol. The molecule has 0 aliphatic heterocycles. The van der Waals surface area contributed by atoms with Crippen molar-refractivity contribution in [2.75, 3.05) is 0 Å². The Morgan fingerprint density at radius 2 is 0.784 bits per heavy atom. The topological polar surface area (TPSA) is 9.86 Å². The van der Waals surface area contributed by atoms with Gasteiger partial charge in [0.15, 0.2) is 8.07 Å². The number of hydrogen-bond acceptors (Lipinski definition) is 0. The van der Waals surface area contributed by atoms with Gasteiger partial charge in [0.2, 0.25) is 0 Å². The van der Waals surface area contributed by atoms with E-state index in [-0.39, 0.29) is 27.2 Å². The summed E-state index contributed by atoms with van der Waals surface area (Å²) >= 11 is 0. The first-order valence-corrected chi connectivity index (χ1v) is 17.3. The first kappa shape index (κ1) is 12.7. The minimum Gasteiger partial charge on any atom is -0.309 e. The fraction of sp³-hybridized carbons (Fsp3) is 0. The van der Waals surface area contributed by atoms with Crippen molar-refractivity contribution in [3.05, 3.63) is 206 Å². The molecule has 240 valence electrons. The van der Waals surface area contributed by atoms with Gasteiger partial charge >= 0.3 is 0 Å². The van der Waals surface area contributed by atoms with Crippen molar-refractivity contribution in [1.82, 2.24) is 9.13 Å². The summed E-state index contributed by atoms with van der Waals surface area (Å²) in [4.78, 5) is 0. The zero-order valence-electron chi connectivity index (χ0n) is 53.9. The van der Waals surface area contributed by atoms with Crippen molar-refractivity contribution >= 4 is 72.4 Å². The maximum Gasteiger partial charge on any atom is 0.179 e. The first-order chi connectivity index (χ1) is 36.9. The Balaban J connectivity index is 1.40. The van der Waals surface area contributed by atoms with Gasteiger partial charge in [0, 0.05) is 32.9 Å². The molecule has 0 fully saturated rings. The lowest BCUT2D eigenvalue weighted by molar-refractivity contribution is 1.17. The van der Waals surface area contributed by atoms with Crippen LogP contribution in [0.15, 0.2) is 206 Å². The molecule has 0 aliphatic rings. The van der Waals surface area contributed by atoms with Crippen molar-refractivity contribution in [1.29, 1.82) is 0 Å². The van der Waals surface area contributed by atoms with Crippen LogP contribution in [0.5, 0.6) is 0 Å². The summed E-state index contributed by atoms with van der Waals surface area (Å²) in [5.74, 6) is 0. The Morgan fingerprint density at radius 3 is 1.45 bits per heavy atom. The molecule has 8 aromatic carbocycles. The quantitative estimate of drug-likeness (QED) is 0.121. The van der Waals surface area contributed by atoms with Crippen LogP contribution in [0.1, 0.15) is 38.4 Å². The molecule has 0 radical (unpaired) electrons. The lowest BCUT2D eigenvalue weighted by atomic mass is 10.1. The predicted octanol–water partition coefficient (Wildman–Crippen LogP) is 9.26. The van der Waals surface area contributed by atoms with Gasteiger partial charge in [-0.05, 0) is 69.2 Å². The molecule has 2 heterocycles. The van der Waals surface area contributed by atoms with Crippen molar-refractivity contribution in [3.8, 4) is 11.4 Å². The van der Waals surface area contributed by atoms with Gasteiger partial charge in [0.25, 0.3) is 0 Å². The number of rotatable bonds is 6. The van der Waals surface area contributed by atoms with E-state index in [1.165, 1.54) is 24.3 Å². The summed E-state index contributed by atoms with van der Waals surface area (Å²) in [5.41, 5.74) is -2.17. The van der Waals surface area contributed by atoms with Crippen molar-refractivity contribution in [3.63, 3.8) is 0 Å². The largest absolute Gasteiger partial charge is 0.309 e. The zero-order chi connectivity index (χ0) is 58.1. The highest BCUT2D eigenvalue weighted by atomic mass is 28.3. The molecule has 0 bridgehead atoms. The van der Waals surface area contributed by atoms with Crippen LogP contribution in [0, 0.1) is 0 Å². The molecule has 10 rings (SSSR count). The van der Waals surface area contributed by atoms with Gasteiger partial charge in [-0.1, -0.05) is 157 Å². The molecule has 0 amide bonds. The molecule has 2 nitrogen and oxygen atoms in total. The van der Waals surface area contributed by atoms with Crippen LogP contribution in [-0.4, -0.2) is 17.2 Å². The SMILES string of the molecule is [2H]c1cc([Si](c2ccc(-n3c4c([2H])c([2H])c([2H])c([2H])c4c4c([2H])c(-n5c6cc([2H])c([2H])c([2H])c6c6c([2H])c([2H])c([2H])c([2H])c65)c([2H])c([2H])c43)cc2)(c2c([2H])c([2H])c([2H])c([2H])c2[2H])c2c([2H])c([2H])c([2H])c([2H])c2[2H])c([2H])c([2H])c1[2H]. The lowest BCUT2D eigenvalue weighted by Gasteiger charge is -2.34. The fourth-order valence-electron chi connectivity index (χ4n) is 6.64. The Hall–Kier alpha value is -6.42. The van der Waals surface area contributed by atoms with Gasteiger partial charge < -0.3 is 9.13 Å². The monoisotopic (exact) mass is 694 g/mol. The molecule has 2 aromatic heterocycles. The molecule has 0 unspecified atom stereocenters. The molecule has 0 aliphatic carbocycles. The summed E-state index contributed by atoms with van der Waals surface area (Å²) in [7, 11) is -5.40. The second-order valence-corrected chi connectivity index (χ2v) is 14.9. The van der Waals surface area contributed by atoms with E-state index in [0.717, 1.165) is 21.3 Å². The third kappa shape index (κ3) is 4.49. The molecule has 0 spiro atoms. The third-order valence-corrected chi connectivity index (χ3v) is 13.0. The molecule has 51 heavy (non-hydrogen) atoms. The molecule has 0 saturated carbocycles. The number of fused-ring (bicyclic) bond motifs is 6. The van der Waals surface area contributed by atoms with E-state index in [1.54, 1.807) is 0 Å². The van der Waals surface area contributed by atoms with Crippen LogP contribution in [0.4, 0.5) is 0 Å². The minimum atomic E-state index is -5.40. The number of benzene rings is 8. The summed E-state index contributed by atoms with van der Waals surface area (Å²) in [6, 6.07) is -15.9. The maximum absolute atomic E-state index is 9.95. The third-order valence-electron chi connectivity index (χ3n) is 8.74. The van der Waals surface area contributed by atoms with Crippen LogP contribution in [-0.2, 0) is 0 Å². The van der Waals surface area contributed by atoms with E-state index in [2.05, 4.69) is 0 Å². The Kier molecular flexibility index (Phi) is 2.96. The van der Waals surface area contributed by atoms with E-state index in [1.807, 2.05) is 0 Å². The van der Waals surface area contributed by atoms with Crippen molar-refractivity contribution in [2.45, 2.75) is 0 Å². The maximum atomic E-state index is 9.95. The normalized spacial score (nSPS) is 19.6. The average Bonchev–Trinajstić information content (AvgIpc) is 3.44. The van der Waals surface area contributed by atoms with Gasteiger partial charge in [-0.2, -0.15) is 0 Å². The van der Waals surface area contributed by atoms with E-state index in [4.69, 9.17) is 24.7 Å². The van der Waals surface area contributed by atoms with Gasteiger partial charge in [0.1, 0.15) is 0 Å². The molecule has 0 saturated heterocycles. The number of nitrogens with zero attached hydrogens (tertiary/aromatic N) is 2. The molecule has 3 heteroatoms. The molecular formula is C48H34N2Si. The first-order valence-electron chi connectivity index (χ1n) is 29.3. The van der Waals surface area contributed by atoms with Crippen LogP contribution in [0.3, 0.4) is 0 Å². The van der Waals surface area contributed by atoms with E-state index in [9.17, 15) is 13.7 Å². The highest BCUT2D eigenvalue weighted by Gasteiger charge is 2.41. The summed E-state index contributed by atoms with van der Waals surface area (Å²) in [5, 5.41) is -3.45. The van der Waals surface area contributed by atoms with E-state index < -0.39 is 226 Å². The minimum absolute atomic E-state index is 0.138. The van der Waals surface area contributed by atoms with E-state index in [0.29, 0.717) is 0 Å². The molecule has 0 N–H and O–H groups in total. The fourth-order valence-corrected chi connectivity index (χ4v) is 10.5. The standard InChI is InChI=1S/C48H34N2Si/c1-4-16-37(17-5-1)51(38-18-6-2-7-19-38,39-20-8-3-9-21-39)40-31-28-35(29-32-40)49-47-27-15-12-24-43(47)44-34-36(30-33-48(44)49)50-45-25-13-10-22-41(45)42-23-11-14-26-46(42)50/h1-34H/i1D,2D,3D,4D,5D,6D,7D,8D,9D,10D,11D,12D,13D,14D,15D,16D,17D,18D,19D,20D,22D,23D,24D,25D,27D,30D,33D,34D. The second-order valence-electron chi connectivity index (χ2n) is 11.2. The van der Waals surface area contributed by atoms with Crippen LogP contribution >= 0.6 is 0 Å². The van der Waals surface area contributed by atoms with Crippen LogP contribution < -0.4 is 20.7 Å². The summed E-state index contributed by atoms with van der Waals surface area (Å²) in [6.07, 6.45) is 0. The van der Waals surface area contributed by atoms with Gasteiger partial charge in [-0.15, -0.1) is 0 Å². The van der Waals surface area contributed by atoms with Crippen molar-refractivity contribution < 1.29 is 38.4 Å². The Bertz CT molecular complexity index is 4340. The second kappa shape index (κ2) is 11.9. The molecule has 0 atom stereocenters. The smallest absolute Gasteiger partial charge is 0.179 e. The van der Waals surface area contributed by atoms with Crippen molar-refractivity contribution in [2.24, 2.45) is 0 Å².